The second-order valence-electron chi connectivity index (χ2n) is 6.95. The van der Waals surface area contributed by atoms with Crippen LogP contribution in [0.1, 0.15) is 6.92 Å². The van der Waals surface area contributed by atoms with Gasteiger partial charge in [-0.2, -0.15) is 4.31 Å². The summed E-state index contributed by atoms with van der Waals surface area (Å²) < 4.78 is 91.2. The number of benzene rings is 2. The molecule has 168 valence electrons. The highest BCUT2D eigenvalue weighted by molar-refractivity contribution is 7.92. The first-order valence-electron chi connectivity index (χ1n) is 9.18. The summed E-state index contributed by atoms with van der Waals surface area (Å²) in [7, 11) is -8.18. The molecule has 1 aliphatic rings. The Balaban J connectivity index is 1.70. The minimum absolute atomic E-state index is 0.0784. The van der Waals surface area contributed by atoms with Gasteiger partial charge in [0.25, 0.3) is 0 Å². The molecule has 2 aromatic rings. The van der Waals surface area contributed by atoms with E-state index in [0.29, 0.717) is 12.1 Å². The van der Waals surface area contributed by atoms with E-state index in [9.17, 15) is 34.8 Å². The molecule has 1 aliphatic heterocycles. The average molecular weight is 476 g/mol. The number of sulfonamides is 1. The summed E-state index contributed by atoms with van der Waals surface area (Å²) in [5.74, 6) is -3.80. The molecule has 1 heterocycles. The van der Waals surface area contributed by atoms with Crippen LogP contribution in [0, 0.1) is 17.5 Å². The number of sulfone groups is 1. The number of amides is 1. The molecule has 0 aromatic heterocycles. The molecule has 7 nitrogen and oxygen atoms in total. The first kappa shape index (κ1) is 23.2. The molecule has 1 amide bonds. The molecule has 0 aliphatic carbocycles. The first-order valence-corrected chi connectivity index (χ1v) is 12.2. The highest BCUT2D eigenvalue weighted by Gasteiger charge is 2.36. The monoisotopic (exact) mass is 476 g/mol. The van der Waals surface area contributed by atoms with Gasteiger partial charge in [-0.25, -0.2) is 30.0 Å². The van der Waals surface area contributed by atoms with Crippen molar-refractivity contribution in [3.05, 3.63) is 59.9 Å². The number of hydrogen-bond acceptors (Lipinski definition) is 5. The van der Waals surface area contributed by atoms with Crippen LogP contribution >= 0.6 is 0 Å². The highest BCUT2D eigenvalue weighted by atomic mass is 32.2. The minimum atomic E-state index is -4.11. The molecular weight excluding hydrogens is 457 g/mol. The van der Waals surface area contributed by atoms with Crippen molar-refractivity contribution >= 4 is 25.8 Å². The van der Waals surface area contributed by atoms with Crippen molar-refractivity contribution in [1.29, 1.82) is 0 Å². The van der Waals surface area contributed by atoms with E-state index >= 15 is 0 Å². The Bertz CT molecular complexity index is 1190. The Morgan fingerprint density at radius 3 is 1.94 bits per heavy atom. The van der Waals surface area contributed by atoms with Gasteiger partial charge in [-0.1, -0.05) is 0 Å². The van der Waals surface area contributed by atoms with Crippen LogP contribution < -0.4 is 0 Å². The third kappa shape index (κ3) is 4.60. The van der Waals surface area contributed by atoms with Gasteiger partial charge in [-0.05, 0) is 49.4 Å². The van der Waals surface area contributed by atoms with Crippen molar-refractivity contribution < 1.29 is 34.8 Å². The summed E-state index contributed by atoms with van der Waals surface area (Å²) in [5.41, 5.74) is 0. The molecule has 2 aromatic carbocycles. The lowest BCUT2D eigenvalue weighted by Crippen LogP contribution is -2.53. The van der Waals surface area contributed by atoms with Crippen LogP contribution in [0.4, 0.5) is 13.2 Å². The Hall–Kier alpha value is -2.44. The fourth-order valence-electron chi connectivity index (χ4n) is 3.15. The van der Waals surface area contributed by atoms with Crippen LogP contribution in [0.3, 0.4) is 0 Å². The molecule has 31 heavy (non-hydrogen) atoms. The fourth-order valence-corrected chi connectivity index (χ4v) is 5.93. The van der Waals surface area contributed by atoms with Gasteiger partial charge in [0.05, 0.1) is 9.79 Å². The van der Waals surface area contributed by atoms with Crippen molar-refractivity contribution in [3.63, 3.8) is 0 Å². The lowest BCUT2D eigenvalue weighted by Gasteiger charge is -2.35. The number of halogens is 3. The van der Waals surface area contributed by atoms with Crippen LogP contribution in [-0.2, 0) is 24.7 Å². The second kappa shape index (κ2) is 8.60. The number of carbonyl (C=O) groups is 1. The number of piperazine rings is 1. The standard InChI is InChI=1S/C19H19F3N2O5S2/c1-13(30(26,27)15-4-2-14(20)3-5-15)19(25)23-8-10-24(11-9-23)31(28,29)16-6-7-17(21)18(22)12-16/h2-7,12-13H,8-11H2,1H3. The Morgan fingerprint density at radius 2 is 1.39 bits per heavy atom. The molecule has 1 fully saturated rings. The third-order valence-corrected chi connectivity index (χ3v) is 8.99. The van der Waals surface area contributed by atoms with Crippen molar-refractivity contribution in [2.24, 2.45) is 0 Å². The van der Waals surface area contributed by atoms with Gasteiger partial charge in [0.2, 0.25) is 15.9 Å². The number of nitrogens with zero attached hydrogens (tertiary/aromatic N) is 2. The van der Waals surface area contributed by atoms with E-state index in [4.69, 9.17) is 0 Å². The van der Waals surface area contributed by atoms with Gasteiger partial charge in [-0.15, -0.1) is 0 Å². The molecule has 0 bridgehead atoms. The van der Waals surface area contributed by atoms with Crippen molar-refractivity contribution in [2.75, 3.05) is 26.2 Å². The van der Waals surface area contributed by atoms with Crippen LogP contribution in [-0.4, -0.2) is 63.4 Å². The quantitative estimate of drug-likeness (QED) is 0.614. The zero-order valence-corrected chi connectivity index (χ0v) is 18.0. The van der Waals surface area contributed by atoms with E-state index < -0.39 is 53.4 Å². The number of carbonyl (C=O) groups excluding carboxylic acids is 1. The molecule has 1 unspecified atom stereocenters. The van der Waals surface area contributed by atoms with Gasteiger partial charge in [-0.3, -0.25) is 4.79 Å². The van der Waals surface area contributed by atoms with E-state index in [1.54, 1.807) is 0 Å². The van der Waals surface area contributed by atoms with E-state index in [0.717, 1.165) is 34.6 Å². The SMILES string of the molecule is CC(C(=O)N1CCN(S(=O)(=O)c2ccc(F)c(F)c2)CC1)S(=O)(=O)c1ccc(F)cc1. The van der Waals surface area contributed by atoms with E-state index in [2.05, 4.69) is 0 Å². The van der Waals surface area contributed by atoms with E-state index in [1.165, 1.54) is 11.8 Å². The van der Waals surface area contributed by atoms with Gasteiger partial charge in [0, 0.05) is 26.2 Å². The summed E-state index contributed by atoms with van der Waals surface area (Å²) in [5, 5.41) is -1.45. The summed E-state index contributed by atoms with van der Waals surface area (Å²) in [6, 6.07) is 6.34. The van der Waals surface area contributed by atoms with E-state index in [-0.39, 0.29) is 31.1 Å². The van der Waals surface area contributed by atoms with Gasteiger partial charge in [0.15, 0.2) is 21.5 Å². The van der Waals surface area contributed by atoms with Crippen molar-refractivity contribution in [3.8, 4) is 0 Å². The maximum absolute atomic E-state index is 13.4. The molecule has 1 saturated heterocycles. The van der Waals surface area contributed by atoms with Crippen LogP contribution in [0.2, 0.25) is 0 Å². The Morgan fingerprint density at radius 1 is 0.839 bits per heavy atom. The van der Waals surface area contributed by atoms with Crippen LogP contribution in [0.15, 0.2) is 52.3 Å². The normalized spacial score (nSPS) is 16.8. The van der Waals surface area contributed by atoms with Gasteiger partial charge < -0.3 is 4.90 Å². The molecule has 0 N–H and O–H groups in total. The first-order chi connectivity index (χ1) is 14.4. The maximum Gasteiger partial charge on any atom is 0.243 e. The topological polar surface area (TPSA) is 91.8 Å². The third-order valence-electron chi connectivity index (χ3n) is 5.03. The molecule has 0 spiro atoms. The average Bonchev–Trinajstić information content (AvgIpc) is 2.75. The van der Waals surface area contributed by atoms with Crippen LogP contribution in [0.25, 0.3) is 0 Å². The molecule has 1 atom stereocenters. The summed E-state index contributed by atoms with van der Waals surface area (Å²) >= 11 is 0. The summed E-state index contributed by atoms with van der Waals surface area (Å²) in [6.07, 6.45) is 0. The summed E-state index contributed by atoms with van der Waals surface area (Å²) in [6.45, 7) is 0.772. The summed E-state index contributed by atoms with van der Waals surface area (Å²) in [4.78, 5) is 13.3. The second-order valence-corrected chi connectivity index (χ2v) is 11.2. The van der Waals surface area contributed by atoms with Crippen molar-refractivity contribution in [2.45, 2.75) is 22.0 Å². The lowest BCUT2D eigenvalue weighted by molar-refractivity contribution is -0.131. The van der Waals surface area contributed by atoms with Crippen LogP contribution in [0.5, 0.6) is 0 Å². The molecule has 3 rings (SSSR count). The smallest absolute Gasteiger partial charge is 0.243 e. The predicted octanol–water partition coefficient (Wildman–Crippen LogP) is 1.80. The highest BCUT2D eigenvalue weighted by Crippen LogP contribution is 2.22. The van der Waals surface area contributed by atoms with Gasteiger partial charge >= 0.3 is 0 Å². The largest absolute Gasteiger partial charge is 0.339 e. The number of rotatable bonds is 5. The zero-order chi connectivity index (χ0) is 23.0. The number of hydrogen-bond donors (Lipinski definition) is 0. The predicted molar refractivity (Wildman–Crippen MR) is 105 cm³/mol. The Labute approximate surface area is 178 Å². The zero-order valence-electron chi connectivity index (χ0n) is 16.3. The minimum Gasteiger partial charge on any atom is -0.339 e. The van der Waals surface area contributed by atoms with Crippen molar-refractivity contribution in [1.82, 2.24) is 9.21 Å². The Kier molecular flexibility index (Phi) is 6.44. The van der Waals surface area contributed by atoms with E-state index in [1.807, 2.05) is 0 Å². The molecule has 0 radical (unpaired) electrons. The lowest BCUT2D eigenvalue weighted by atomic mass is 10.3. The maximum atomic E-state index is 13.4. The van der Waals surface area contributed by atoms with Gasteiger partial charge in [0.1, 0.15) is 11.1 Å². The fraction of sp³-hybridized carbons (Fsp3) is 0.316. The molecular formula is C19H19F3N2O5S2. The molecule has 0 saturated carbocycles. The molecule has 12 heteroatoms.